The van der Waals surface area contributed by atoms with E-state index < -0.39 is 5.82 Å². The van der Waals surface area contributed by atoms with E-state index in [1.807, 2.05) is 6.07 Å². The molecule has 1 saturated carbocycles. The summed E-state index contributed by atoms with van der Waals surface area (Å²) in [7, 11) is 0. The van der Waals surface area contributed by atoms with Crippen molar-refractivity contribution in [1.29, 1.82) is 0 Å². The zero-order chi connectivity index (χ0) is 24.0. The zero-order valence-electron chi connectivity index (χ0n) is 18.2. The van der Waals surface area contributed by atoms with E-state index in [1.165, 1.54) is 12.1 Å². The van der Waals surface area contributed by atoms with Crippen LogP contribution < -0.4 is 4.90 Å². The summed E-state index contributed by atoms with van der Waals surface area (Å²) in [4.78, 5) is 26.7. The van der Waals surface area contributed by atoms with Crippen molar-refractivity contribution in [3.8, 4) is 11.1 Å². The van der Waals surface area contributed by atoms with E-state index in [4.69, 9.17) is 34.8 Å². The molecule has 2 aliphatic rings. The van der Waals surface area contributed by atoms with Gasteiger partial charge in [0.15, 0.2) is 0 Å². The zero-order valence-corrected chi connectivity index (χ0v) is 20.5. The molecule has 3 aromatic carbocycles. The number of rotatable bonds is 3. The SMILES string of the molecule is O=C1CCC(c2cc(-c3ccc(F)cc3Cl)c3c(c2)N(c2c(Cl)cccc2Cl)C(=O)CC3)CC1. The molecule has 3 nitrogen and oxygen atoms in total. The molecular formula is C27H21Cl3FNO2. The molecule has 5 rings (SSSR count). The van der Waals surface area contributed by atoms with Gasteiger partial charge in [0.25, 0.3) is 0 Å². The predicted molar refractivity (Wildman–Crippen MR) is 135 cm³/mol. The first kappa shape index (κ1) is 23.3. The third-order valence-corrected chi connectivity index (χ3v) is 7.65. The van der Waals surface area contributed by atoms with Gasteiger partial charge in [0, 0.05) is 24.8 Å². The maximum absolute atomic E-state index is 13.8. The number of hydrogen-bond acceptors (Lipinski definition) is 2. The van der Waals surface area contributed by atoms with Gasteiger partial charge in [-0.25, -0.2) is 4.39 Å². The minimum absolute atomic E-state index is 0.102. The van der Waals surface area contributed by atoms with Gasteiger partial charge in [-0.3, -0.25) is 14.5 Å². The highest BCUT2D eigenvalue weighted by Crippen LogP contribution is 2.47. The lowest BCUT2D eigenvalue weighted by atomic mass is 9.80. The highest BCUT2D eigenvalue weighted by atomic mass is 35.5. The highest BCUT2D eigenvalue weighted by Gasteiger charge is 2.32. The lowest BCUT2D eigenvalue weighted by molar-refractivity contribution is -0.120. The Kier molecular flexibility index (Phi) is 6.41. The maximum atomic E-state index is 13.8. The van der Waals surface area contributed by atoms with Crippen molar-refractivity contribution < 1.29 is 14.0 Å². The summed E-state index contributed by atoms with van der Waals surface area (Å²) in [5.74, 6) is -0.0731. The molecule has 0 bridgehead atoms. The van der Waals surface area contributed by atoms with Crippen molar-refractivity contribution in [1.82, 2.24) is 0 Å². The lowest BCUT2D eigenvalue weighted by Gasteiger charge is -2.34. The molecule has 174 valence electrons. The fraction of sp³-hybridized carbons (Fsp3) is 0.259. The van der Waals surface area contributed by atoms with Crippen LogP contribution in [0, 0.1) is 5.82 Å². The number of amides is 1. The van der Waals surface area contributed by atoms with Crippen molar-refractivity contribution >= 4 is 57.9 Å². The van der Waals surface area contributed by atoms with Crippen molar-refractivity contribution in [2.45, 2.75) is 44.4 Å². The Morgan fingerprint density at radius 1 is 0.794 bits per heavy atom. The number of hydrogen-bond donors (Lipinski definition) is 0. The van der Waals surface area contributed by atoms with E-state index >= 15 is 0 Å². The largest absolute Gasteiger partial charge is 0.300 e. The summed E-state index contributed by atoms with van der Waals surface area (Å²) in [6, 6.07) is 13.6. The van der Waals surface area contributed by atoms with Crippen LogP contribution in [-0.4, -0.2) is 11.7 Å². The molecule has 3 aromatic rings. The Morgan fingerprint density at radius 3 is 2.18 bits per heavy atom. The molecule has 0 N–H and O–H groups in total. The molecular weight excluding hydrogens is 496 g/mol. The van der Waals surface area contributed by atoms with Crippen LogP contribution in [0.1, 0.15) is 49.1 Å². The third-order valence-electron chi connectivity index (χ3n) is 6.73. The van der Waals surface area contributed by atoms with Gasteiger partial charge in [-0.05, 0) is 78.3 Å². The highest BCUT2D eigenvalue weighted by molar-refractivity contribution is 6.40. The number of Topliss-reactive ketones (excluding diaryl/α,β-unsaturated/α-hetero) is 1. The molecule has 0 spiro atoms. The average molecular weight is 517 g/mol. The van der Waals surface area contributed by atoms with E-state index in [0.717, 1.165) is 29.5 Å². The predicted octanol–water partition coefficient (Wildman–Crippen LogP) is 8.29. The summed E-state index contributed by atoms with van der Waals surface area (Å²) in [5.41, 5.74) is 4.66. The first-order chi connectivity index (χ1) is 16.3. The summed E-state index contributed by atoms with van der Waals surface area (Å²) in [6.45, 7) is 0. The van der Waals surface area contributed by atoms with Gasteiger partial charge in [0.2, 0.25) is 5.91 Å². The van der Waals surface area contributed by atoms with Crippen LogP contribution in [0.3, 0.4) is 0 Å². The number of para-hydroxylation sites is 1. The van der Waals surface area contributed by atoms with Crippen molar-refractivity contribution in [3.05, 3.63) is 80.5 Å². The smallest absolute Gasteiger partial charge is 0.231 e. The Balaban J connectivity index is 1.75. The van der Waals surface area contributed by atoms with Gasteiger partial charge in [0.1, 0.15) is 11.6 Å². The summed E-state index contributed by atoms with van der Waals surface area (Å²) < 4.78 is 13.8. The van der Waals surface area contributed by atoms with Gasteiger partial charge in [0.05, 0.1) is 26.4 Å². The Morgan fingerprint density at radius 2 is 1.50 bits per heavy atom. The van der Waals surface area contributed by atoms with Crippen molar-refractivity contribution in [3.63, 3.8) is 0 Å². The molecule has 34 heavy (non-hydrogen) atoms. The Hall–Kier alpha value is -2.40. The van der Waals surface area contributed by atoms with Crippen LogP contribution in [0.4, 0.5) is 15.8 Å². The number of benzene rings is 3. The number of fused-ring (bicyclic) bond motifs is 1. The van der Waals surface area contributed by atoms with E-state index in [9.17, 15) is 14.0 Å². The van der Waals surface area contributed by atoms with Crippen LogP contribution in [0.25, 0.3) is 11.1 Å². The number of nitrogens with zero attached hydrogens (tertiary/aromatic N) is 1. The Labute approximate surface area is 212 Å². The fourth-order valence-electron chi connectivity index (χ4n) is 5.02. The van der Waals surface area contributed by atoms with Gasteiger partial charge >= 0.3 is 0 Å². The molecule has 1 aliphatic carbocycles. The van der Waals surface area contributed by atoms with Crippen LogP contribution in [0.15, 0.2) is 48.5 Å². The second-order valence-corrected chi connectivity index (χ2v) is 10.0. The number of anilines is 2. The first-order valence-electron chi connectivity index (χ1n) is 11.2. The normalized spacial score (nSPS) is 16.6. The molecule has 1 heterocycles. The van der Waals surface area contributed by atoms with E-state index in [-0.39, 0.29) is 24.0 Å². The molecule has 0 saturated heterocycles. The van der Waals surface area contributed by atoms with Gasteiger partial charge in [-0.15, -0.1) is 0 Å². The molecule has 0 radical (unpaired) electrons. The second-order valence-electron chi connectivity index (χ2n) is 8.80. The summed E-state index contributed by atoms with van der Waals surface area (Å²) >= 11 is 19.5. The number of carbonyl (C=O) groups excluding carboxylic acids is 2. The molecule has 7 heteroatoms. The van der Waals surface area contributed by atoms with E-state index in [1.54, 1.807) is 29.2 Å². The minimum Gasteiger partial charge on any atom is -0.300 e. The number of ketones is 1. The standard InChI is InChI=1S/C27H21Cl3FNO2/c28-22-2-1-3-23(29)27(22)32-25-13-16(15-4-7-18(33)8-5-15)12-21(20(25)10-11-26(32)34)19-9-6-17(31)14-24(19)30/h1-3,6,9,12-15H,4-5,7-8,10-11H2. The lowest BCUT2D eigenvalue weighted by Crippen LogP contribution is -2.32. The molecule has 0 unspecified atom stereocenters. The van der Waals surface area contributed by atoms with Gasteiger partial charge in [-0.1, -0.05) is 46.9 Å². The fourth-order valence-corrected chi connectivity index (χ4v) is 5.86. The first-order valence-corrected chi connectivity index (χ1v) is 12.4. The molecule has 1 fully saturated rings. The summed E-state index contributed by atoms with van der Waals surface area (Å²) in [5, 5.41) is 1.06. The third kappa shape index (κ3) is 4.24. The van der Waals surface area contributed by atoms with E-state index in [2.05, 4.69) is 6.07 Å². The number of carbonyl (C=O) groups is 2. The molecule has 0 atom stereocenters. The van der Waals surface area contributed by atoms with Crippen molar-refractivity contribution in [2.24, 2.45) is 0 Å². The van der Waals surface area contributed by atoms with Crippen LogP contribution in [0.5, 0.6) is 0 Å². The van der Waals surface area contributed by atoms with E-state index in [0.29, 0.717) is 51.3 Å². The Bertz CT molecular complexity index is 1290. The minimum atomic E-state index is -0.413. The van der Waals surface area contributed by atoms with Crippen molar-refractivity contribution in [2.75, 3.05) is 4.90 Å². The second kappa shape index (κ2) is 9.33. The molecule has 0 aromatic heterocycles. The topological polar surface area (TPSA) is 37.4 Å². The quantitative estimate of drug-likeness (QED) is 0.351. The van der Waals surface area contributed by atoms with Crippen LogP contribution in [0.2, 0.25) is 15.1 Å². The van der Waals surface area contributed by atoms with Gasteiger partial charge in [-0.2, -0.15) is 0 Å². The van der Waals surface area contributed by atoms with Crippen LogP contribution in [-0.2, 0) is 16.0 Å². The van der Waals surface area contributed by atoms with Gasteiger partial charge < -0.3 is 0 Å². The monoisotopic (exact) mass is 515 g/mol. The number of halogens is 4. The van der Waals surface area contributed by atoms with Crippen LogP contribution >= 0.6 is 34.8 Å². The molecule has 1 amide bonds. The molecule has 1 aliphatic heterocycles. The summed E-state index contributed by atoms with van der Waals surface area (Å²) in [6.07, 6.45) is 3.35. The average Bonchev–Trinajstić information content (AvgIpc) is 2.80. The maximum Gasteiger partial charge on any atom is 0.231 e.